The van der Waals surface area contributed by atoms with Crippen LogP contribution >= 0.6 is 11.3 Å². The second-order valence-corrected chi connectivity index (χ2v) is 7.54. The number of thiazole rings is 1. The largest absolute Gasteiger partial charge is 0.347 e. The molecule has 24 heavy (non-hydrogen) atoms. The molecule has 2 aromatic rings. The molecule has 1 aromatic carbocycles. The first kappa shape index (κ1) is 16.9. The Morgan fingerprint density at radius 2 is 1.83 bits per heavy atom. The van der Waals surface area contributed by atoms with Crippen LogP contribution in [-0.4, -0.2) is 61.0 Å². The van der Waals surface area contributed by atoms with Crippen molar-refractivity contribution in [3.05, 3.63) is 47.0 Å². The fourth-order valence-electron chi connectivity index (χ4n) is 3.05. The van der Waals surface area contributed by atoms with Gasteiger partial charge in [-0.1, -0.05) is 30.3 Å². The Morgan fingerprint density at radius 3 is 2.38 bits per heavy atom. The van der Waals surface area contributed by atoms with Crippen molar-refractivity contribution >= 4 is 22.4 Å². The van der Waals surface area contributed by atoms with Gasteiger partial charge in [0.15, 0.2) is 5.13 Å². The van der Waals surface area contributed by atoms with E-state index in [9.17, 15) is 4.79 Å². The van der Waals surface area contributed by atoms with Crippen LogP contribution < -0.4 is 4.90 Å². The van der Waals surface area contributed by atoms with E-state index in [0.29, 0.717) is 0 Å². The average Bonchev–Trinajstić information content (AvgIpc) is 3.03. The van der Waals surface area contributed by atoms with Gasteiger partial charge in [0.05, 0.1) is 0 Å². The van der Waals surface area contributed by atoms with Crippen LogP contribution in [0.15, 0.2) is 36.5 Å². The molecular weight excluding hydrogens is 320 g/mol. The molecule has 3 rings (SSSR count). The highest BCUT2D eigenvalue weighted by atomic mass is 32.1. The van der Waals surface area contributed by atoms with Crippen LogP contribution in [0.2, 0.25) is 0 Å². The van der Waals surface area contributed by atoms with Gasteiger partial charge in [-0.15, -0.1) is 11.3 Å². The highest BCUT2D eigenvalue weighted by Crippen LogP contribution is 2.27. The van der Waals surface area contributed by atoms with E-state index in [1.54, 1.807) is 16.2 Å². The number of likely N-dealkylation sites (N-methyl/N-ethyl adjacent to an activating group) is 1. The maximum absolute atomic E-state index is 12.8. The first-order chi connectivity index (χ1) is 11.6. The third-order valence-electron chi connectivity index (χ3n) is 4.35. The van der Waals surface area contributed by atoms with Crippen LogP contribution in [0.3, 0.4) is 0 Å². The van der Waals surface area contributed by atoms with E-state index >= 15 is 0 Å². The third-order valence-corrected chi connectivity index (χ3v) is 5.32. The minimum atomic E-state index is -0.207. The average molecular weight is 344 g/mol. The predicted octanol–water partition coefficient (Wildman–Crippen LogP) is 2.40. The number of piperazine rings is 1. The Bertz CT molecular complexity index is 677. The fraction of sp³-hybridized carbons (Fsp3) is 0.444. The van der Waals surface area contributed by atoms with Gasteiger partial charge in [-0.3, -0.25) is 9.69 Å². The van der Waals surface area contributed by atoms with Crippen molar-refractivity contribution in [1.29, 1.82) is 0 Å². The number of hydrogen-bond acceptors (Lipinski definition) is 5. The van der Waals surface area contributed by atoms with Gasteiger partial charge in [0.1, 0.15) is 6.04 Å². The maximum Gasteiger partial charge on any atom is 0.244 e. The number of nitrogens with zero attached hydrogens (tertiary/aromatic N) is 4. The predicted molar refractivity (Wildman–Crippen MR) is 98.5 cm³/mol. The normalized spacial score (nSPS) is 16.9. The second kappa shape index (κ2) is 7.32. The van der Waals surface area contributed by atoms with Gasteiger partial charge in [-0.25, -0.2) is 4.98 Å². The molecule has 2 heterocycles. The molecule has 1 aliphatic heterocycles. The molecular formula is C18H24N4OS. The zero-order valence-corrected chi connectivity index (χ0v) is 15.3. The van der Waals surface area contributed by atoms with Crippen LogP contribution in [0.1, 0.15) is 16.5 Å². The van der Waals surface area contributed by atoms with E-state index in [0.717, 1.165) is 36.9 Å². The molecule has 0 unspecified atom stereocenters. The Balaban J connectivity index is 1.74. The summed E-state index contributed by atoms with van der Waals surface area (Å²) in [5.41, 5.74) is 1.06. The Kier molecular flexibility index (Phi) is 5.16. The van der Waals surface area contributed by atoms with E-state index in [1.165, 1.54) is 4.88 Å². The topological polar surface area (TPSA) is 39.7 Å². The SMILES string of the molecule is Cc1cnc(N2CCN([C@H](C(=O)N(C)C)c3ccccc3)CC2)s1. The Labute approximate surface area is 147 Å². The number of anilines is 1. The molecule has 0 bridgehead atoms. The molecule has 5 nitrogen and oxygen atoms in total. The highest BCUT2D eigenvalue weighted by Gasteiger charge is 2.31. The first-order valence-corrected chi connectivity index (χ1v) is 9.05. The number of aromatic nitrogens is 1. The molecule has 1 aliphatic rings. The summed E-state index contributed by atoms with van der Waals surface area (Å²) in [7, 11) is 3.65. The third kappa shape index (κ3) is 3.60. The van der Waals surface area contributed by atoms with E-state index in [-0.39, 0.29) is 11.9 Å². The van der Waals surface area contributed by atoms with Crippen LogP contribution in [0.25, 0.3) is 0 Å². The van der Waals surface area contributed by atoms with Crippen molar-refractivity contribution in [1.82, 2.24) is 14.8 Å². The van der Waals surface area contributed by atoms with Gasteiger partial charge in [-0.05, 0) is 12.5 Å². The van der Waals surface area contributed by atoms with Crippen LogP contribution in [-0.2, 0) is 4.79 Å². The van der Waals surface area contributed by atoms with Gasteiger partial charge in [-0.2, -0.15) is 0 Å². The van der Waals surface area contributed by atoms with Gasteiger partial charge < -0.3 is 9.80 Å². The highest BCUT2D eigenvalue weighted by molar-refractivity contribution is 7.15. The Morgan fingerprint density at radius 1 is 1.17 bits per heavy atom. The summed E-state index contributed by atoms with van der Waals surface area (Å²) < 4.78 is 0. The molecule has 0 saturated carbocycles. The summed E-state index contributed by atoms with van der Waals surface area (Å²) in [6.07, 6.45) is 1.93. The molecule has 128 valence electrons. The smallest absolute Gasteiger partial charge is 0.244 e. The molecule has 1 saturated heterocycles. The van der Waals surface area contributed by atoms with Crippen LogP contribution in [0.5, 0.6) is 0 Å². The molecule has 0 N–H and O–H groups in total. The van der Waals surface area contributed by atoms with Crippen molar-refractivity contribution in [2.75, 3.05) is 45.2 Å². The van der Waals surface area contributed by atoms with Gasteiger partial charge in [0, 0.05) is 51.3 Å². The Hall–Kier alpha value is -1.92. The molecule has 1 fully saturated rings. The minimum Gasteiger partial charge on any atom is -0.347 e. The summed E-state index contributed by atoms with van der Waals surface area (Å²) >= 11 is 1.73. The maximum atomic E-state index is 12.8. The number of carbonyl (C=O) groups excluding carboxylic acids is 1. The van der Waals surface area contributed by atoms with Crippen molar-refractivity contribution in [3.63, 3.8) is 0 Å². The molecule has 0 radical (unpaired) electrons. The number of aryl methyl sites for hydroxylation is 1. The lowest BCUT2D eigenvalue weighted by atomic mass is 10.0. The summed E-state index contributed by atoms with van der Waals surface area (Å²) in [5, 5.41) is 1.09. The van der Waals surface area contributed by atoms with E-state index in [1.807, 2.05) is 50.6 Å². The zero-order valence-electron chi connectivity index (χ0n) is 14.5. The fourth-order valence-corrected chi connectivity index (χ4v) is 3.86. The van der Waals surface area contributed by atoms with Crippen LogP contribution in [0.4, 0.5) is 5.13 Å². The second-order valence-electron chi connectivity index (χ2n) is 6.32. The van der Waals surface area contributed by atoms with E-state index in [4.69, 9.17) is 0 Å². The lowest BCUT2D eigenvalue weighted by molar-refractivity contribution is -0.134. The molecule has 6 heteroatoms. The first-order valence-electron chi connectivity index (χ1n) is 8.24. The van der Waals surface area contributed by atoms with E-state index < -0.39 is 0 Å². The lowest BCUT2D eigenvalue weighted by Crippen LogP contribution is -2.51. The number of rotatable bonds is 4. The number of benzene rings is 1. The molecule has 1 aromatic heterocycles. The van der Waals surface area contributed by atoms with Crippen molar-refractivity contribution in [2.45, 2.75) is 13.0 Å². The monoisotopic (exact) mass is 344 g/mol. The van der Waals surface area contributed by atoms with Gasteiger partial charge in [0.25, 0.3) is 0 Å². The number of carbonyl (C=O) groups is 1. The van der Waals surface area contributed by atoms with Crippen molar-refractivity contribution < 1.29 is 4.79 Å². The zero-order chi connectivity index (χ0) is 17.1. The minimum absolute atomic E-state index is 0.139. The molecule has 1 amide bonds. The van der Waals surface area contributed by atoms with Gasteiger partial charge >= 0.3 is 0 Å². The quantitative estimate of drug-likeness (QED) is 0.854. The standard InChI is InChI=1S/C18H24N4OS/c1-14-13-19-18(24-14)22-11-9-21(10-12-22)16(17(23)20(2)3)15-7-5-4-6-8-15/h4-8,13,16H,9-12H2,1-3H3/t16-/m0/s1. The molecule has 0 spiro atoms. The van der Waals surface area contributed by atoms with Gasteiger partial charge in [0.2, 0.25) is 5.91 Å². The number of amides is 1. The summed E-state index contributed by atoms with van der Waals surface area (Å²) in [6.45, 7) is 5.60. The van der Waals surface area contributed by atoms with Crippen LogP contribution in [0, 0.1) is 6.92 Å². The molecule has 0 aliphatic carbocycles. The summed E-state index contributed by atoms with van der Waals surface area (Å²) in [4.78, 5) is 24.8. The lowest BCUT2D eigenvalue weighted by Gasteiger charge is -2.39. The summed E-state index contributed by atoms with van der Waals surface area (Å²) in [6, 6.07) is 9.87. The number of hydrogen-bond donors (Lipinski definition) is 0. The van der Waals surface area contributed by atoms with Crippen molar-refractivity contribution in [3.8, 4) is 0 Å². The summed E-state index contributed by atoms with van der Waals surface area (Å²) in [5.74, 6) is 0.139. The van der Waals surface area contributed by atoms with Crippen molar-refractivity contribution in [2.24, 2.45) is 0 Å². The molecule has 1 atom stereocenters. The van der Waals surface area contributed by atoms with E-state index in [2.05, 4.69) is 21.7 Å².